The van der Waals surface area contributed by atoms with E-state index in [1.165, 1.54) is 36.8 Å². The number of aromatic amines is 1. The van der Waals surface area contributed by atoms with Gasteiger partial charge in [0.15, 0.2) is 5.82 Å². The highest BCUT2D eigenvalue weighted by Gasteiger charge is 2.56. The van der Waals surface area contributed by atoms with E-state index >= 15 is 0 Å². The number of benzene rings is 1. The molecule has 6 rings (SSSR count). The van der Waals surface area contributed by atoms with Crippen LogP contribution in [0.15, 0.2) is 35.9 Å². The van der Waals surface area contributed by atoms with Gasteiger partial charge in [0, 0.05) is 5.39 Å². The van der Waals surface area contributed by atoms with Crippen LogP contribution in [-0.2, 0) is 0 Å². The number of rotatable bonds is 1. The molecule has 4 aliphatic rings. The number of allylic oxidation sites excluding steroid dienone is 3. The Labute approximate surface area is 178 Å². The van der Waals surface area contributed by atoms with Crippen LogP contribution < -0.4 is 5.73 Å². The summed E-state index contributed by atoms with van der Waals surface area (Å²) in [5.74, 6) is 2.83. The largest absolute Gasteiger partial charge is 0.393 e. The third-order valence-electron chi connectivity index (χ3n) is 9.56. The van der Waals surface area contributed by atoms with E-state index in [0.29, 0.717) is 11.2 Å². The first-order chi connectivity index (χ1) is 14.4. The van der Waals surface area contributed by atoms with Gasteiger partial charge in [-0.15, -0.1) is 0 Å². The van der Waals surface area contributed by atoms with E-state index in [1.54, 1.807) is 5.57 Å². The van der Waals surface area contributed by atoms with Crippen LogP contribution in [0.2, 0.25) is 0 Å². The molecule has 2 aromatic rings. The lowest BCUT2D eigenvalue weighted by Gasteiger charge is -2.57. The second-order valence-corrected chi connectivity index (χ2v) is 10.8. The maximum atomic E-state index is 10.2. The fourth-order valence-corrected chi connectivity index (χ4v) is 7.86. The number of fused-ring (bicyclic) bond motifs is 6. The van der Waals surface area contributed by atoms with E-state index in [-0.39, 0.29) is 11.5 Å². The molecule has 1 aromatic carbocycles. The van der Waals surface area contributed by atoms with Gasteiger partial charge in [-0.3, -0.25) is 5.10 Å². The summed E-state index contributed by atoms with van der Waals surface area (Å²) in [5, 5.41) is 18.5. The Kier molecular flexibility index (Phi) is 3.88. The Morgan fingerprint density at radius 2 is 1.90 bits per heavy atom. The van der Waals surface area contributed by atoms with E-state index in [4.69, 9.17) is 5.73 Å². The minimum atomic E-state index is -0.124. The van der Waals surface area contributed by atoms with Gasteiger partial charge >= 0.3 is 0 Å². The topological polar surface area (TPSA) is 74.9 Å². The van der Waals surface area contributed by atoms with Gasteiger partial charge in [-0.2, -0.15) is 5.10 Å². The van der Waals surface area contributed by atoms with Crippen LogP contribution in [-0.4, -0.2) is 21.4 Å². The number of hydrogen-bond acceptors (Lipinski definition) is 3. The second kappa shape index (κ2) is 6.23. The fourth-order valence-electron chi connectivity index (χ4n) is 7.86. The summed E-state index contributed by atoms with van der Waals surface area (Å²) in [7, 11) is 0. The van der Waals surface area contributed by atoms with Crippen LogP contribution in [0.5, 0.6) is 0 Å². The number of nitrogens with one attached hydrogen (secondary N) is 1. The number of nitrogens with zero attached hydrogens (tertiary/aromatic N) is 1. The molecule has 4 heteroatoms. The van der Waals surface area contributed by atoms with Crippen molar-refractivity contribution in [3.8, 4) is 0 Å². The first-order valence-electron chi connectivity index (χ1n) is 11.7. The smallest absolute Gasteiger partial charge is 0.153 e. The maximum Gasteiger partial charge on any atom is 0.153 e. The van der Waals surface area contributed by atoms with Crippen molar-refractivity contribution in [1.29, 1.82) is 0 Å². The first-order valence-corrected chi connectivity index (χ1v) is 11.7. The molecule has 6 atom stereocenters. The molecule has 0 saturated heterocycles. The Hall–Kier alpha value is -2.07. The van der Waals surface area contributed by atoms with Crippen molar-refractivity contribution in [3.63, 3.8) is 0 Å². The van der Waals surface area contributed by atoms with Gasteiger partial charge in [0.25, 0.3) is 0 Å². The standard InChI is InChI=1S/C26H33N3O/c1-25-11-9-17(30)14-16(25)4-6-18-21-8-7-20(26(21,2)12-10-22(18)25)15-3-5-19-23(13-15)28-29-24(19)27/h3-5,7,13,17-18,21-22,30H,6,8-12,14H2,1-2H3,(H3,27,28,29)/t17-,18+,21+,22+,25+,26-/m1/s1. The number of aromatic nitrogens is 2. The number of nitrogen functional groups attached to an aromatic ring is 1. The number of hydrogen-bond donors (Lipinski definition) is 3. The van der Waals surface area contributed by atoms with Gasteiger partial charge in [0.1, 0.15) is 0 Å². The Morgan fingerprint density at radius 3 is 2.77 bits per heavy atom. The number of aliphatic hydroxyl groups excluding tert-OH is 1. The van der Waals surface area contributed by atoms with E-state index in [0.717, 1.165) is 47.9 Å². The average molecular weight is 404 g/mol. The number of aliphatic hydroxyl groups is 1. The molecule has 0 spiro atoms. The van der Waals surface area contributed by atoms with Gasteiger partial charge < -0.3 is 10.8 Å². The zero-order valence-electron chi connectivity index (χ0n) is 18.1. The van der Waals surface area contributed by atoms with Crippen LogP contribution in [0.4, 0.5) is 5.82 Å². The molecule has 0 radical (unpaired) electrons. The molecule has 158 valence electrons. The third kappa shape index (κ3) is 2.40. The Morgan fingerprint density at radius 1 is 1.07 bits per heavy atom. The molecule has 4 aliphatic carbocycles. The molecule has 2 saturated carbocycles. The molecule has 0 aliphatic heterocycles. The summed E-state index contributed by atoms with van der Waals surface area (Å²) >= 11 is 0. The van der Waals surface area contributed by atoms with Crippen molar-refractivity contribution < 1.29 is 5.11 Å². The van der Waals surface area contributed by atoms with Gasteiger partial charge in [0.05, 0.1) is 11.6 Å². The van der Waals surface area contributed by atoms with Crippen LogP contribution >= 0.6 is 0 Å². The highest BCUT2D eigenvalue weighted by Crippen LogP contribution is 2.66. The van der Waals surface area contributed by atoms with Crippen molar-refractivity contribution in [2.24, 2.45) is 28.6 Å². The third-order valence-corrected chi connectivity index (χ3v) is 9.56. The quantitative estimate of drug-likeness (QED) is 0.553. The summed E-state index contributed by atoms with van der Waals surface area (Å²) in [6.07, 6.45) is 12.9. The minimum Gasteiger partial charge on any atom is -0.393 e. The normalized spacial score (nSPS) is 40.4. The van der Waals surface area contributed by atoms with Crippen LogP contribution in [0.3, 0.4) is 0 Å². The van der Waals surface area contributed by atoms with Crippen molar-refractivity contribution in [1.82, 2.24) is 10.2 Å². The number of H-pyrrole nitrogens is 1. The lowest BCUT2D eigenvalue weighted by Crippen LogP contribution is -2.49. The van der Waals surface area contributed by atoms with Gasteiger partial charge in [-0.25, -0.2) is 0 Å². The van der Waals surface area contributed by atoms with Gasteiger partial charge in [0.2, 0.25) is 0 Å². The Bertz CT molecular complexity index is 1080. The predicted octanol–water partition coefficient (Wildman–Crippen LogP) is 5.46. The SMILES string of the molecule is C[C@]12CC[C@@H](O)CC1=CC[C@@H]1[C@@H]2CC[C@]2(C)C(c3ccc4c(N)n[nH]c4c3)=CC[C@@H]12. The monoisotopic (exact) mass is 403 g/mol. The molecule has 1 heterocycles. The van der Waals surface area contributed by atoms with E-state index in [9.17, 15) is 5.11 Å². The lowest BCUT2D eigenvalue weighted by molar-refractivity contribution is -0.0238. The summed E-state index contributed by atoms with van der Waals surface area (Å²) in [6, 6.07) is 6.60. The average Bonchev–Trinajstić information content (AvgIpc) is 3.28. The molecule has 30 heavy (non-hydrogen) atoms. The molecule has 0 amide bonds. The van der Waals surface area contributed by atoms with E-state index in [2.05, 4.69) is 54.4 Å². The van der Waals surface area contributed by atoms with E-state index < -0.39 is 0 Å². The fraction of sp³-hybridized carbons (Fsp3) is 0.577. The lowest BCUT2D eigenvalue weighted by atomic mass is 9.47. The van der Waals surface area contributed by atoms with Crippen molar-refractivity contribution in [3.05, 3.63) is 41.5 Å². The number of nitrogens with two attached hydrogens (primary N) is 1. The minimum absolute atomic E-state index is 0.124. The summed E-state index contributed by atoms with van der Waals surface area (Å²) in [5.41, 5.74) is 12.0. The maximum absolute atomic E-state index is 10.2. The van der Waals surface area contributed by atoms with Crippen LogP contribution in [0.1, 0.15) is 64.4 Å². The number of anilines is 1. The summed E-state index contributed by atoms with van der Waals surface area (Å²) < 4.78 is 0. The molecule has 0 bridgehead atoms. The molecule has 1 aromatic heterocycles. The van der Waals surface area contributed by atoms with Crippen LogP contribution in [0, 0.1) is 28.6 Å². The predicted molar refractivity (Wildman–Crippen MR) is 122 cm³/mol. The molecule has 4 N–H and O–H groups in total. The van der Waals surface area contributed by atoms with Gasteiger partial charge in [-0.1, -0.05) is 37.6 Å². The first kappa shape index (κ1) is 18.7. The highest BCUT2D eigenvalue weighted by atomic mass is 16.3. The summed E-state index contributed by atoms with van der Waals surface area (Å²) in [6.45, 7) is 5.02. The molecule has 2 fully saturated rings. The molecular formula is C26H33N3O. The molecular weight excluding hydrogens is 370 g/mol. The van der Waals surface area contributed by atoms with Gasteiger partial charge in [-0.05, 0) is 96.8 Å². The molecule has 0 unspecified atom stereocenters. The van der Waals surface area contributed by atoms with Crippen LogP contribution in [0.25, 0.3) is 16.5 Å². The molecule has 4 nitrogen and oxygen atoms in total. The highest BCUT2D eigenvalue weighted by molar-refractivity contribution is 5.91. The Balaban J connectivity index is 1.34. The zero-order chi connectivity index (χ0) is 20.7. The van der Waals surface area contributed by atoms with Crippen molar-refractivity contribution >= 4 is 22.3 Å². The van der Waals surface area contributed by atoms with Crippen molar-refractivity contribution in [2.45, 2.75) is 64.9 Å². The second-order valence-electron chi connectivity index (χ2n) is 10.8. The summed E-state index contributed by atoms with van der Waals surface area (Å²) in [4.78, 5) is 0. The zero-order valence-corrected chi connectivity index (χ0v) is 18.1. The van der Waals surface area contributed by atoms with E-state index in [1.807, 2.05) is 0 Å². The van der Waals surface area contributed by atoms with Crippen molar-refractivity contribution in [2.75, 3.05) is 5.73 Å².